The van der Waals surface area contributed by atoms with Crippen LogP contribution >= 0.6 is 0 Å². The molecule has 1 rings (SSSR count). The molecule has 19 heavy (non-hydrogen) atoms. The van der Waals surface area contributed by atoms with Crippen LogP contribution in [0.1, 0.15) is 17.3 Å². The van der Waals surface area contributed by atoms with Gasteiger partial charge in [-0.15, -0.1) is 0 Å². The summed E-state index contributed by atoms with van der Waals surface area (Å²) in [6, 6.07) is 0.260. The first-order valence-electron chi connectivity index (χ1n) is 5.29. The highest BCUT2D eigenvalue weighted by Gasteiger charge is 2.23. The van der Waals surface area contributed by atoms with E-state index in [1.54, 1.807) is 0 Å². The van der Waals surface area contributed by atoms with Crippen LogP contribution in [0.25, 0.3) is 0 Å². The average Bonchev–Trinajstić information content (AvgIpc) is 2.36. The Bertz CT molecular complexity index is 531. The fraction of sp³-hybridized carbons (Fsp3) is 0.300. The quantitative estimate of drug-likeness (QED) is 0.493. The van der Waals surface area contributed by atoms with Crippen molar-refractivity contribution in [3.63, 3.8) is 0 Å². The number of nitro groups is 1. The summed E-state index contributed by atoms with van der Waals surface area (Å²) < 4.78 is 0. The van der Waals surface area contributed by atoms with Gasteiger partial charge >= 0.3 is 0 Å². The average molecular weight is 267 g/mol. The normalized spacial score (nSPS) is 11.5. The lowest BCUT2D eigenvalue weighted by molar-refractivity contribution is -0.385. The summed E-state index contributed by atoms with van der Waals surface area (Å²) in [6.07, 6.45) is 0.898. The Morgan fingerprint density at radius 1 is 1.53 bits per heavy atom. The van der Waals surface area contributed by atoms with Crippen LogP contribution in [0.5, 0.6) is 0 Å². The summed E-state index contributed by atoms with van der Waals surface area (Å²) in [5.41, 5.74) is 4.67. The van der Waals surface area contributed by atoms with Gasteiger partial charge in [0.2, 0.25) is 5.91 Å². The van der Waals surface area contributed by atoms with E-state index in [0.29, 0.717) is 0 Å². The molecule has 0 saturated heterocycles. The highest BCUT2D eigenvalue weighted by molar-refractivity contribution is 6.00. The molecule has 0 aliphatic carbocycles. The molecule has 1 heterocycles. The van der Waals surface area contributed by atoms with Gasteiger partial charge in [0.1, 0.15) is 23.6 Å². The molecule has 0 radical (unpaired) electrons. The Hall–Kier alpha value is -2.71. The number of hydrogen-bond donors (Lipinski definition) is 3. The molecule has 9 heteroatoms. The number of hydrogen-bond acceptors (Lipinski definition) is 6. The Morgan fingerprint density at radius 2 is 2.16 bits per heavy atom. The Labute approximate surface area is 108 Å². The number of likely N-dealkylation sites (N-methyl/N-ethyl adjacent to an activating group) is 1. The Morgan fingerprint density at radius 3 is 2.68 bits per heavy atom. The number of amides is 2. The van der Waals surface area contributed by atoms with Gasteiger partial charge in [0.05, 0.1) is 4.92 Å². The van der Waals surface area contributed by atoms with Crippen molar-refractivity contribution in [2.45, 2.75) is 13.0 Å². The number of pyridine rings is 1. The van der Waals surface area contributed by atoms with Crippen LogP contribution in [-0.4, -0.2) is 34.8 Å². The smallest absolute Gasteiger partial charge is 0.300 e. The van der Waals surface area contributed by atoms with Gasteiger partial charge in [-0.1, -0.05) is 0 Å². The van der Waals surface area contributed by atoms with Crippen molar-refractivity contribution in [2.75, 3.05) is 12.8 Å². The maximum atomic E-state index is 11.9. The fourth-order valence-electron chi connectivity index (χ4n) is 1.35. The zero-order valence-electron chi connectivity index (χ0n) is 10.3. The van der Waals surface area contributed by atoms with E-state index in [-0.39, 0.29) is 11.4 Å². The molecule has 1 aromatic heterocycles. The summed E-state index contributed by atoms with van der Waals surface area (Å²) in [5.74, 6) is -1.21. The molecule has 2 amide bonds. The largest absolute Gasteiger partial charge is 0.384 e. The van der Waals surface area contributed by atoms with E-state index in [1.165, 1.54) is 14.0 Å². The lowest BCUT2D eigenvalue weighted by Crippen LogP contribution is -2.43. The van der Waals surface area contributed by atoms with Gasteiger partial charge in [0.25, 0.3) is 11.6 Å². The van der Waals surface area contributed by atoms with Crippen molar-refractivity contribution in [3.05, 3.63) is 27.9 Å². The minimum Gasteiger partial charge on any atom is -0.384 e. The monoisotopic (exact) mass is 267 g/mol. The van der Waals surface area contributed by atoms with Gasteiger partial charge in [-0.3, -0.25) is 19.7 Å². The van der Waals surface area contributed by atoms with Gasteiger partial charge in [-0.05, 0) is 13.0 Å². The highest BCUT2D eigenvalue weighted by atomic mass is 16.6. The van der Waals surface area contributed by atoms with Crippen molar-refractivity contribution in [1.29, 1.82) is 0 Å². The molecule has 0 aliphatic rings. The Kier molecular flexibility index (Phi) is 4.35. The number of carbonyl (C=O) groups is 2. The molecule has 1 atom stereocenters. The summed E-state index contributed by atoms with van der Waals surface area (Å²) in [6.45, 7) is 1.45. The lowest BCUT2D eigenvalue weighted by Gasteiger charge is -2.12. The maximum absolute atomic E-state index is 11.9. The highest BCUT2D eigenvalue weighted by Crippen LogP contribution is 2.18. The van der Waals surface area contributed by atoms with Crippen molar-refractivity contribution in [2.24, 2.45) is 0 Å². The Balaban J connectivity index is 3.02. The van der Waals surface area contributed by atoms with E-state index in [4.69, 9.17) is 5.73 Å². The first kappa shape index (κ1) is 14.4. The van der Waals surface area contributed by atoms with Gasteiger partial charge < -0.3 is 16.4 Å². The predicted octanol–water partition coefficient (Wildman–Crippen LogP) is -0.564. The number of anilines is 1. The second-order valence-electron chi connectivity index (χ2n) is 3.69. The van der Waals surface area contributed by atoms with Crippen molar-refractivity contribution in [3.8, 4) is 0 Å². The van der Waals surface area contributed by atoms with Gasteiger partial charge in [0, 0.05) is 7.05 Å². The minimum absolute atomic E-state index is 0.0247. The summed E-state index contributed by atoms with van der Waals surface area (Å²) in [5, 5.41) is 15.5. The maximum Gasteiger partial charge on any atom is 0.300 e. The molecule has 1 unspecified atom stereocenters. The number of nitrogens with two attached hydrogens (primary N) is 1. The van der Waals surface area contributed by atoms with Crippen molar-refractivity contribution < 1.29 is 14.5 Å². The van der Waals surface area contributed by atoms with Crippen LogP contribution in [0.4, 0.5) is 11.5 Å². The summed E-state index contributed by atoms with van der Waals surface area (Å²) in [4.78, 5) is 36.7. The third-order valence-corrected chi connectivity index (χ3v) is 2.33. The van der Waals surface area contributed by atoms with E-state index in [0.717, 1.165) is 12.3 Å². The van der Waals surface area contributed by atoms with E-state index < -0.39 is 28.5 Å². The molecule has 4 N–H and O–H groups in total. The number of nitrogen functional groups attached to an aromatic ring is 1. The lowest BCUT2D eigenvalue weighted by atomic mass is 10.2. The third kappa shape index (κ3) is 3.37. The topological polar surface area (TPSA) is 140 Å². The molecular formula is C10H13N5O4. The number of nitrogens with one attached hydrogen (secondary N) is 2. The van der Waals surface area contributed by atoms with Crippen LogP contribution in [0.2, 0.25) is 0 Å². The van der Waals surface area contributed by atoms with Crippen LogP contribution < -0.4 is 16.4 Å². The summed E-state index contributed by atoms with van der Waals surface area (Å²) >= 11 is 0. The molecule has 0 spiro atoms. The zero-order chi connectivity index (χ0) is 14.6. The number of rotatable bonds is 4. The molecule has 9 nitrogen and oxygen atoms in total. The van der Waals surface area contributed by atoms with E-state index in [9.17, 15) is 19.7 Å². The SMILES string of the molecule is CNC(=O)C(C)NC(=O)c1cc(N)ncc1[N+](=O)[O-]. The molecule has 102 valence electrons. The number of nitrogens with zero attached hydrogens (tertiary/aromatic N) is 2. The molecule has 0 fully saturated rings. The third-order valence-electron chi connectivity index (χ3n) is 2.33. The second-order valence-corrected chi connectivity index (χ2v) is 3.69. The second kappa shape index (κ2) is 5.76. The van der Waals surface area contributed by atoms with E-state index >= 15 is 0 Å². The van der Waals surface area contributed by atoms with Crippen LogP contribution in [0.3, 0.4) is 0 Å². The zero-order valence-corrected chi connectivity index (χ0v) is 10.3. The van der Waals surface area contributed by atoms with E-state index in [2.05, 4.69) is 15.6 Å². The minimum atomic E-state index is -0.827. The molecule has 0 saturated carbocycles. The van der Waals surface area contributed by atoms with E-state index in [1.807, 2.05) is 0 Å². The van der Waals surface area contributed by atoms with Crippen LogP contribution in [-0.2, 0) is 4.79 Å². The number of carbonyl (C=O) groups excluding carboxylic acids is 2. The molecular weight excluding hydrogens is 254 g/mol. The number of aromatic nitrogens is 1. The van der Waals surface area contributed by atoms with Crippen molar-refractivity contribution in [1.82, 2.24) is 15.6 Å². The van der Waals surface area contributed by atoms with Gasteiger partial charge in [-0.25, -0.2) is 4.98 Å². The molecule has 0 bridgehead atoms. The first-order valence-corrected chi connectivity index (χ1v) is 5.29. The fourth-order valence-corrected chi connectivity index (χ4v) is 1.35. The molecule has 0 aromatic carbocycles. The first-order chi connectivity index (χ1) is 8.86. The summed E-state index contributed by atoms with van der Waals surface area (Å²) in [7, 11) is 1.41. The predicted molar refractivity (Wildman–Crippen MR) is 66.3 cm³/mol. The van der Waals surface area contributed by atoms with Crippen LogP contribution in [0, 0.1) is 10.1 Å². The molecule has 0 aliphatic heterocycles. The van der Waals surface area contributed by atoms with Gasteiger partial charge in [0.15, 0.2) is 0 Å². The molecule has 1 aromatic rings. The van der Waals surface area contributed by atoms with Gasteiger partial charge in [-0.2, -0.15) is 0 Å². The van der Waals surface area contributed by atoms with Crippen molar-refractivity contribution >= 4 is 23.3 Å². The van der Waals surface area contributed by atoms with Crippen LogP contribution in [0.15, 0.2) is 12.3 Å². The standard InChI is InChI=1S/C10H13N5O4/c1-5(9(16)12-2)14-10(17)6-3-8(11)13-4-7(6)15(18)19/h3-5H,1-2H3,(H2,11,13)(H,12,16)(H,14,17).